The van der Waals surface area contributed by atoms with Gasteiger partial charge in [0, 0.05) is 17.1 Å². The number of ether oxygens (including phenoxy) is 1. The molecule has 19 heavy (non-hydrogen) atoms. The molecule has 1 aromatic heterocycles. The highest BCUT2D eigenvalue weighted by Crippen LogP contribution is 2.35. The molecule has 0 saturated carbocycles. The summed E-state index contributed by atoms with van der Waals surface area (Å²) in [5, 5.41) is -1.65. The van der Waals surface area contributed by atoms with Crippen LogP contribution in [0.25, 0.3) is 0 Å². The first-order valence-corrected chi connectivity index (χ1v) is 5.98. The second-order valence-electron chi connectivity index (χ2n) is 3.13. The molecule has 0 bridgehead atoms. The molecule has 1 rings (SSSR count). The van der Waals surface area contributed by atoms with E-state index in [2.05, 4.69) is 25.7 Å². The molecule has 1 aromatic rings. The molecule has 106 valence electrons. The van der Waals surface area contributed by atoms with Crippen LogP contribution >= 0.6 is 27.5 Å². The van der Waals surface area contributed by atoms with Crippen LogP contribution in [0.2, 0.25) is 0 Å². The number of hydrogen-bond donors (Lipinski definition) is 0. The Morgan fingerprint density at radius 1 is 1.47 bits per heavy atom. The Labute approximate surface area is 116 Å². The number of carbonyl (C=O) groups excluding carboxylic acids is 1. The summed E-state index contributed by atoms with van der Waals surface area (Å²) in [5.74, 6) is -1.30. The first-order valence-electron chi connectivity index (χ1n) is 4.48. The van der Waals surface area contributed by atoms with Gasteiger partial charge in [0.25, 0.3) is 11.7 Å². The summed E-state index contributed by atoms with van der Waals surface area (Å²) in [5.41, 5.74) is -2.19. The zero-order chi connectivity index (χ0) is 14.8. The van der Waals surface area contributed by atoms with Crippen LogP contribution in [0.3, 0.4) is 0 Å². The van der Waals surface area contributed by atoms with Gasteiger partial charge >= 0.3 is 6.36 Å². The largest absolute Gasteiger partial charge is 0.574 e. The number of rotatable bonds is 4. The van der Waals surface area contributed by atoms with E-state index in [0.717, 1.165) is 6.20 Å². The predicted molar refractivity (Wildman–Crippen MR) is 58.7 cm³/mol. The Morgan fingerprint density at radius 2 is 2.05 bits per heavy atom. The van der Waals surface area contributed by atoms with Crippen molar-refractivity contribution in [3.05, 3.63) is 22.9 Å². The Kier molecular flexibility index (Phi) is 5.08. The van der Waals surface area contributed by atoms with Crippen LogP contribution in [-0.4, -0.2) is 16.6 Å². The summed E-state index contributed by atoms with van der Waals surface area (Å²) in [7, 11) is 0. The lowest BCUT2D eigenvalue weighted by atomic mass is 10.1. The van der Waals surface area contributed by atoms with E-state index in [1.54, 1.807) is 0 Å². The summed E-state index contributed by atoms with van der Waals surface area (Å²) in [6.07, 6.45) is -7.63. The van der Waals surface area contributed by atoms with Crippen molar-refractivity contribution in [3.63, 3.8) is 0 Å². The topological polar surface area (TPSA) is 39.2 Å². The van der Waals surface area contributed by atoms with Crippen LogP contribution in [0.4, 0.5) is 22.0 Å². The maximum atomic E-state index is 12.9. The van der Waals surface area contributed by atoms with Crippen molar-refractivity contribution in [2.75, 3.05) is 0 Å². The van der Waals surface area contributed by atoms with Gasteiger partial charge in [-0.15, -0.1) is 13.2 Å². The third kappa shape index (κ3) is 4.00. The zero-order valence-corrected chi connectivity index (χ0v) is 11.1. The molecule has 0 saturated heterocycles. The molecule has 0 amide bonds. The molecule has 0 atom stereocenters. The highest BCUT2D eigenvalue weighted by atomic mass is 79.9. The van der Waals surface area contributed by atoms with Crippen molar-refractivity contribution in [2.24, 2.45) is 0 Å². The lowest BCUT2D eigenvalue weighted by Crippen LogP contribution is -2.20. The van der Waals surface area contributed by atoms with Crippen LogP contribution in [0.15, 0.2) is 6.20 Å². The average Bonchev–Trinajstić information content (AvgIpc) is 2.25. The summed E-state index contributed by atoms with van der Waals surface area (Å²) < 4.78 is 65.4. The summed E-state index contributed by atoms with van der Waals surface area (Å²) in [6, 6.07) is 0. The minimum Gasteiger partial charge on any atom is -0.387 e. The molecule has 0 fully saturated rings. The highest BCUT2D eigenvalue weighted by molar-refractivity contribution is 9.08. The van der Waals surface area contributed by atoms with Crippen molar-refractivity contribution >= 4 is 32.8 Å². The van der Waals surface area contributed by atoms with E-state index in [1.807, 2.05) is 0 Å². The van der Waals surface area contributed by atoms with Crippen LogP contribution in [0.5, 0.6) is 5.88 Å². The van der Waals surface area contributed by atoms with Gasteiger partial charge in [-0.1, -0.05) is 15.9 Å². The molecule has 10 heteroatoms. The van der Waals surface area contributed by atoms with Gasteiger partial charge in [0.05, 0.1) is 0 Å². The van der Waals surface area contributed by atoms with E-state index in [9.17, 15) is 26.7 Å². The summed E-state index contributed by atoms with van der Waals surface area (Å²) >= 11 is 7.90. The quantitative estimate of drug-likeness (QED) is 0.454. The van der Waals surface area contributed by atoms with Gasteiger partial charge in [0.2, 0.25) is 5.88 Å². The maximum absolute atomic E-state index is 12.9. The number of aromatic nitrogens is 1. The fourth-order valence-electron chi connectivity index (χ4n) is 1.28. The van der Waals surface area contributed by atoms with E-state index in [4.69, 9.17) is 11.6 Å². The molecule has 0 N–H and O–H groups in total. The van der Waals surface area contributed by atoms with Crippen molar-refractivity contribution in [1.29, 1.82) is 0 Å². The van der Waals surface area contributed by atoms with Gasteiger partial charge < -0.3 is 4.74 Å². The van der Waals surface area contributed by atoms with Gasteiger partial charge in [-0.3, -0.25) is 4.79 Å². The smallest absolute Gasteiger partial charge is 0.387 e. The van der Waals surface area contributed by atoms with Crippen molar-refractivity contribution in [3.8, 4) is 5.88 Å². The van der Waals surface area contributed by atoms with E-state index >= 15 is 0 Å². The van der Waals surface area contributed by atoms with Gasteiger partial charge in [-0.25, -0.2) is 13.8 Å². The molecular formula is C9H4BrClF5NO2. The molecule has 0 aliphatic rings. The molecule has 1 heterocycles. The molecule has 0 aliphatic heterocycles. The SMILES string of the molecule is O=C(Cl)c1c(OC(F)(F)F)ncc(CBr)c1C(F)F. The number of pyridine rings is 1. The summed E-state index contributed by atoms with van der Waals surface area (Å²) in [6.45, 7) is 0. The second kappa shape index (κ2) is 6.00. The van der Waals surface area contributed by atoms with Crippen LogP contribution in [0.1, 0.15) is 27.9 Å². The monoisotopic (exact) mass is 367 g/mol. The van der Waals surface area contributed by atoms with Gasteiger partial charge in [0.1, 0.15) is 5.56 Å². The standard InChI is InChI=1S/C9H4BrClF5NO2/c10-1-3-2-17-8(19-9(14,15)16)5(6(11)18)4(3)7(12)13/h2,7H,1H2. The number of alkyl halides is 6. The van der Waals surface area contributed by atoms with Crippen molar-refractivity contribution < 1.29 is 31.5 Å². The van der Waals surface area contributed by atoms with E-state index in [0.29, 0.717) is 0 Å². The number of halogens is 7. The minimum atomic E-state index is -5.18. The van der Waals surface area contributed by atoms with Crippen LogP contribution in [-0.2, 0) is 5.33 Å². The first kappa shape index (κ1) is 16.1. The van der Waals surface area contributed by atoms with E-state index in [1.165, 1.54) is 0 Å². The molecule has 0 spiro atoms. The highest BCUT2D eigenvalue weighted by Gasteiger charge is 2.36. The molecule has 3 nitrogen and oxygen atoms in total. The van der Waals surface area contributed by atoms with E-state index in [-0.39, 0.29) is 10.9 Å². The average molecular weight is 368 g/mol. The number of carbonyl (C=O) groups is 1. The maximum Gasteiger partial charge on any atom is 0.574 e. The van der Waals surface area contributed by atoms with E-state index < -0.39 is 35.0 Å². The second-order valence-corrected chi connectivity index (χ2v) is 4.04. The molecule has 0 aromatic carbocycles. The predicted octanol–water partition coefficient (Wildman–Crippen LogP) is 4.19. The van der Waals surface area contributed by atoms with Gasteiger partial charge in [0.15, 0.2) is 0 Å². The molecular weight excluding hydrogens is 364 g/mol. The molecule has 0 aliphatic carbocycles. The van der Waals surface area contributed by atoms with Gasteiger partial charge in [-0.05, 0) is 17.2 Å². The Hall–Kier alpha value is -0.960. The Morgan fingerprint density at radius 3 is 2.42 bits per heavy atom. The summed E-state index contributed by atoms with van der Waals surface area (Å²) in [4.78, 5) is 14.3. The third-order valence-corrected chi connectivity index (χ3v) is 2.73. The van der Waals surface area contributed by atoms with Gasteiger partial charge in [-0.2, -0.15) is 0 Å². The Bertz CT molecular complexity index is 494. The number of nitrogens with zero attached hydrogens (tertiary/aromatic N) is 1. The fourth-order valence-corrected chi connectivity index (χ4v) is 1.91. The lowest BCUT2D eigenvalue weighted by molar-refractivity contribution is -0.276. The lowest BCUT2D eigenvalue weighted by Gasteiger charge is -2.15. The fraction of sp³-hybridized carbons (Fsp3) is 0.333. The van der Waals surface area contributed by atoms with Crippen molar-refractivity contribution in [1.82, 2.24) is 4.98 Å². The minimum absolute atomic E-state index is 0.136. The first-order chi connectivity index (χ1) is 8.67. The molecule has 0 unspecified atom stereocenters. The van der Waals surface area contributed by atoms with Crippen LogP contribution < -0.4 is 4.74 Å². The third-order valence-electron chi connectivity index (χ3n) is 1.94. The van der Waals surface area contributed by atoms with Crippen molar-refractivity contribution in [2.45, 2.75) is 18.1 Å². The normalized spacial score (nSPS) is 11.8. The Balaban J connectivity index is 3.49. The molecule has 0 radical (unpaired) electrons. The zero-order valence-electron chi connectivity index (χ0n) is 8.77. The number of hydrogen-bond acceptors (Lipinski definition) is 3. The van der Waals surface area contributed by atoms with Crippen LogP contribution in [0, 0.1) is 0 Å².